The molecule has 0 radical (unpaired) electrons. The molecule has 0 heterocycles. The lowest BCUT2D eigenvalue weighted by Gasteiger charge is -2.10. The average Bonchev–Trinajstić information content (AvgIpc) is 2.60. The van der Waals surface area contributed by atoms with Crippen LogP contribution in [0.3, 0.4) is 0 Å². The number of fused-ring (bicyclic) bond motifs is 1. The molecule has 0 aliphatic rings. The van der Waals surface area contributed by atoms with Crippen molar-refractivity contribution >= 4 is 22.4 Å². The van der Waals surface area contributed by atoms with Crippen LogP contribution in [0.1, 0.15) is 6.92 Å². The summed E-state index contributed by atoms with van der Waals surface area (Å²) in [6.45, 7) is 2.46. The molecule has 0 atom stereocenters. The van der Waals surface area contributed by atoms with E-state index >= 15 is 0 Å². The Morgan fingerprint density at radius 2 is 1.75 bits per heavy atom. The maximum absolute atomic E-state index is 12.1. The maximum Gasteiger partial charge on any atom is 0.262 e. The molecule has 0 fully saturated rings. The molecule has 3 rings (SSSR count). The first kappa shape index (κ1) is 15.9. The minimum absolute atomic E-state index is 0.0487. The van der Waals surface area contributed by atoms with Crippen LogP contribution in [-0.2, 0) is 4.79 Å². The summed E-state index contributed by atoms with van der Waals surface area (Å²) in [5.41, 5.74) is 0.687. The van der Waals surface area contributed by atoms with Crippen LogP contribution in [0.4, 0.5) is 5.69 Å². The van der Waals surface area contributed by atoms with Crippen molar-refractivity contribution in [3.63, 3.8) is 0 Å². The van der Waals surface area contributed by atoms with Crippen LogP contribution >= 0.6 is 0 Å². The molecule has 4 heteroatoms. The fourth-order valence-corrected chi connectivity index (χ4v) is 2.49. The molecule has 0 unspecified atom stereocenters. The van der Waals surface area contributed by atoms with E-state index in [2.05, 4.69) is 5.32 Å². The lowest BCUT2D eigenvalue weighted by Crippen LogP contribution is -2.20. The number of rotatable bonds is 6. The van der Waals surface area contributed by atoms with Crippen molar-refractivity contribution in [1.82, 2.24) is 0 Å². The first-order chi connectivity index (χ1) is 11.8. The van der Waals surface area contributed by atoms with Crippen LogP contribution in [0.2, 0.25) is 0 Å². The van der Waals surface area contributed by atoms with Gasteiger partial charge in [-0.2, -0.15) is 0 Å². The van der Waals surface area contributed by atoms with E-state index in [-0.39, 0.29) is 12.5 Å². The summed E-state index contributed by atoms with van der Waals surface area (Å²) in [6, 6.07) is 21.0. The van der Waals surface area contributed by atoms with Crippen molar-refractivity contribution in [3.8, 4) is 11.5 Å². The van der Waals surface area contributed by atoms with Crippen molar-refractivity contribution in [2.75, 3.05) is 18.5 Å². The molecule has 24 heavy (non-hydrogen) atoms. The summed E-state index contributed by atoms with van der Waals surface area (Å²) in [5.74, 6) is 1.22. The number of carbonyl (C=O) groups excluding carboxylic acids is 1. The molecule has 1 amide bonds. The summed E-state index contributed by atoms with van der Waals surface area (Å²) >= 11 is 0. The average molecular weight is 321 g/mol. The van der Waals surface area contributed by atoms with Gasteiger partial charge in [0.1, 0.15) is 11.5 Å². The van der Waals surface area contributed by atoms with Gasteiger partial charge in [0, 0.05) is 17.1 Å². The van der Waals surface area contributed by atoms with Gasteiger partial charge in [-0.1, -0.05) is 42.5 Å². The number of hydrogen-bond acceptors (Lipinski definition) is 3. The highest BCUT2D eigenvalue weighted by atomic mass is 16.5. The topological polar surface area (TPSA) is 47.6 Å². The summed E-state index contributed by atoms with van der Waals surface area (Å²) in [6.07, 6.45) is 0. The molecule has 0 saturated carbocycles. The first-order valence-electron chi connectivity index (χ1n) is 7.89. The zero-order valence-electron chi connectivity index (χ0n) is 13.5. The molecule has 0 bridgehead atoms. The Morgan fingerprint density at radius 3 is 2.62 bits per heavy atom. The fourth-order valence-electron chi connectivity index (χ4n) is 2.49. The standard InChI is InChI=1S/C20H19NO3/c1-2-23-17-10-6-9-16(13-17)21-20(22)14-24-19-12-5-8-15-7-3-4-11-18(15)19/h3-13H,2,14H2,1H3,(H,21,22). The molecule has 0 aliphatic heterocycles. The van der Waals surface area contributed by atoms with Gasteiger partial charge in [0.2, 0.25) is 0 Å². The van der Waals surface area contributed by atoms with Gasteiger partial charge in [-0.05, 0) is 30.5 Å². The molecule has 1 N–H and O–H groups in total. The third-order valence-corrected chi connectivity index (χ3v) is 3.54. The number of ether oxygens (including phenoxy) is 2. The van der Waals surface area contributed by atoms with Crippen LogP contribution < -0.4 is 14.8 Å². The van der Waals surface area contributed by atoms with Crippen LogP contribution in [0, 0.1) is 0 Å². The number of anilines is 1. The molecule has 122 valence electrons. The number of amides is 1. The molecule has 3 aromatic rings. The summed E-state index contributed by atoms with van der Waals surface area (Å²) in [7, 11) is 0. The van der Waals surface area contributed by atoms with Crippen LogP contribution in [0.25, 0.3) is 10.8 Å². The van der Waals surface area contributed by atoms with E-state index in [0.717, 1.165) is 16.5 Å². The molecular weight excluding hydrogens is 302 g/mol. The third-order valence-electron chi connectivity index (χ3n) is 3.54. The minimum Gasteiger partial charge on any atom is -0.494 e. The van der Waals surface area contributed by atoms with E-state index in [1.165, 1.54) is 0 Å². The molecule has 0 aliphatic carbocycles. The number of nitrogens with one attached hydrogen (secondary N) is 1. The van der Waals surface area contributed by atoms with Gasteiger partial charge < -0.3 is 14.8 Å². The van der Waals surface area contributed by atoms with E-state index in [1.54, 1.807) is 6.07 Å². The Balaban J connectivity index is 1.64. The third kappa shape index (κ3) is 3.84. The normalized spacial score (nSPS) is 10.4. The largest absolute Gasteiger partial charge is 0.494 e. The van der Waals surface area contributed by atoms with Gasteiger partial charge in [-0.3, -0.25) is 4.79 Å². The van der Waals surface area contributed by atoms with E-state index in [4.69, 9.17) is 9.47 Å². The SMILES string of the molecule is CCOc1cccc(NC(=O)COc2cccc3ccccc23)c1. The molecule has 0 aromatic heterocycles. The zero-order chi connectivity index (χ0) is 16.8. The quantitative estimate of drug-likeness (QED) is 0.738. The second-order valence-corrected chi connectivity index (χ2v) is 5.27. The number of hydrogen-bond donors (Lipinski definition) is 1. The number of carbonyl (C=O) groups is 1. The lowest BCUT2D eigenvalue weighted by molar-refractivity contribution is -0.118. The van der Waals surface area contributed by atoms with Gasteiger partial charge in [-0.15, -0.1) is 0 Å². The Kier molecular flexibility index (Phi) is 4.96. The zero-order valence-corrected chi connectivity index (χ0v) is 13.5. The minimum atomic E-state index is -0.211. The second-order valence-electron chi connectivity index (χ2n) is 5.27. The summed E-state index contributed by atoms with van der Waals surface area (Å²) < 4.78 is 11.1. The van der Waals surface area contributed by atoms with Gasteiger partial charge >= 0.3 is 0 Å². The number of benzene rings is 3. The van der Waals surface area contributed by atoms with Crippen molar-refractivity contribution in [1.29, 1.82) is 0 Å². The maximum atomic E-state index is 12.1. The Bertz CT molecular complexity index is 840. The highest BCUT2D eigenvalue weighted by Gasteiger charge is 2.07. The van der Waals surface area contributed by atoms with Gasteiger partial charge in [-0.25, -0.2) is 0 Å². The van der Waals surface area contributed by atoms with Crippen LogP contribution in [-0.4, -0.2) is 19.1 Å². The van der Waals surface area contributed by atoms with E-state index in [0.29, 0.717) is 18.0 Å². The molecule has 4 nitrogen and oxygen atoms in total. The monoisotopic (exact) mass is 321 g/mol. The predicted octanol–water partition coefficient (Wildman–Crippen LogP) is 4.26. The Labute approximate surface area is 141 Å². The highest BCUT2D eigenvalue weighted by molar-refractivity contribution is 5.93. The second kappa shape index (κ2) is 7.51. The van der Waals surface area contributed by atoms with Gasteiger partial charge in [0.05, 0.1) is 6.61 Å². The first-order valence-corrected chi connectivity index (χ1v) is 7.89. The Morgan fingerprint density at radius 1 is 0.958 bits per heavy atom. The lowest BCUT2D eigenvalue weighted by atomic mass is 10.1. The van der Waals surface area contributed by atoms with E-state index in [1.807, 2.05) is 67.6 Å². The van der Waals surface area contributed by atoms with Crippen molar-refractivity contribution in [2.24, 2.45) is 0 Å². The predicted molar refractivity (Wildman–Crippen MR) is 95.7 cm³/mol. The molecular formula is C20H19NO3. The van der Waals surface area contributed by atoms with Crippen LogP contribution in [0.15, 0.2) is 66.7 Å². The molecule has 0 saturated heterocycles. The van der Waals surface area contributed by atoms with Gasteiger partial charge in [0.15, 0.2) is 6.61 Å². The highest BCUT2D eigenvalue weighted by Crippen LogP contribution is 2.25. The summed E-state index contributed by atoms with van der Waals surface area (Å²) in [5, 5.41) is 4.89. The van der Waals surface area contributed by atoms with Crippen molar-refractivity contribution in [2.45, 2.75) is 6.92 Å². The Hall–Kier alpha value is -3.01. The van der Waals surface area contributed by atoms with E-state index < -0.39 is 0 Å². The summed E-state index contributed by atoms with van der Waals surface area (Å²) in [4.78, 5) is 12.1. The molecule has 0 spiro atoms. The van der Waals surface area contributed by atoms with E-state index in [9.17, 15) is 4.79 Å². The van der Waals surface area contributed by atoms with Crippen LogP contribution in [0.5, 0.6) is 11.5 Å². The van der Waals surface area contributed by atoms with Crippen molar-refractivity contribution in [3.05, 3.63) is 66.7 Å². The van der Waals surface area contributed by atoms with Gasteiger partial charge in [0.25, 0.3) is 5.91 Å². The van der Waals surface area contributed by atoms with Crippen molar-refractivity contribution < 1.29 is 14.3 Å². The fraction of sp³-hybridized carbons (Fsp3) is 0.150. The smallest absolute Gasteiger partial charge is 0.262 e. The molecule has 3 aromatic carbocycles.